The van der Waals surface area contributed by atoms with Crippen LogP contribution in [0.3, 0.4) is 0 Å². The zero-order chi connectivity index (χ0) is 22.6. The molecule has 0 saturated carbocycles. The molecular formula is C23H30N2O6S. The van der Waals surface area contributed by atoms with Crippen LogP contribution in [0.4, 0.5) is 5.88 Å². The zero-order valence-corrected chi connectivity index (χ0v) is 19.2. The number of carbonyl (C=O) groups is 1. The van der Waals surface area contributed by atoms with Crippen LogP contribution in [0, 0.1) is 0 Å². The van der Waals surface area contributed by atoms with Crippen LogP contribution >= 0.6 is 0 Å². The third-order valence-corrected chi connectivity index (χ3v) is 7.78. The molecule has 1 aromatic heterocycles. The van der Waals surface area contributed by atoms with E-state index < -0.39 is 15.9 Å². The molecule has 0 radical (unpaired) electrons. The van der Waals surface area contributed by atoms with Gasteiger partial charge in [-0.1, -0.05) is 12.1 Å². The number of methoxy groups -OCH3 is 1. The SMILES string of the molecule is COc1ccccc1OCC(=O)N(Cc1ccc(N2CCCCC2)o1)C1CCS(=O)(=O)C1. The van der Waals surface area contributed by atoms with Gasteiger partial charge in [-0.3, -0.25) is 4.79 Å². The summed E-state index contributed by atoms with van der Waals surface area (Å²) in [6.45, 7) is 1.92. The molecular weight excluding hydrogens is 432 g/mol. The number of piperidine rings is 1. The van der Waals surface area contributed by atoms with E-state index in [0.29, 0.717) is 23.7 Å². The van der Waals surface area contributed by atoms with Crippen LogP contribution in [-0.2, 0) is 21.2 Å². The van der Waals surface area contributed by atoms with Crippen LogP contribution in [0.15, 0.2) is 40.8 Å². The van der Waals surface area contributed by atoms with Crippen molar-refractivity contribution >= 4 is 21.6 Å². The normalized spacial score (nSPS) is 20.2. The highest BCUT2D eigenvalue weighted by molar-refractivity contribution is 7.91. The monoisotopic (exact) mass is 462 g/mol. The quantitative estimate of drug-likeness (QED) is 0.596. The third kappa shape index (κ3) is 5.38. The van der Waals surface area contributed by atoms with Crippen molar-refractivity contribution in [1.29, 1.82) is 0 Å². The molecule has 174 valence electrons. The van der Waals surface area contributed by atoms with Crippen LogP contribution in [-0.4, -0.2) is 63.6 Å². The van der Waals surface area contributed by atoms with E-state index in [1.165, 1.54) is 13.5 Å². The van der Waals surface area contributed by atoms with E-state index in [-0.39, 0.29) is 30.6 Å². The fraction of sp³-hybridized carbons (Fsp3) is 0.522. The molecule has 32 heavy (non-hydrogen) atoms. The van der Waals surface area contributed by atoms with Gasteiger partial charge >= 0.3 is 0 Å². The molecule has 8 nitrogen and oxygen atoms in total. The van der Waals surface area contributed by atoms with Gasteiger partial charge in [0, 0.05) is 25.2 Å². The van der Waals surface area contributed by atoms with Gasteiger partial charge in [-0.15, -0.1) is 0 Å². The number of nitrogens with zero attached hydrogens (tertiary/aromatic N) is 2. The molecule has 3 heterocycles. The molecule has 4 rings (SSSR count). The van der Waals surface area contributed by atoms with Gasteiger partial charge in [0.25, 0.3) is 5.91 Å². The molecule has 1 amide bonds. The van der Waals surface area contributed by atoms with E-state index in [4.69, 9.17) is 13.9 Å². The van der Waals surface area contributed by atoms with Gasteiger partial charge in [-0.2, -0.15) is 0 Å². The number of hydrogen-bond donors (Lipinski definition) is 0. The van der Waals surface area contributed by atoms with Gasteiger partial charge < -0.3 is 23.7 Å². The molecule has 0 N–H and O–H groups in total. The predicted octanol–water partition coefficient (Wildman–Crippen LogP) is 2.87. The maximum Gasteiger partial charge on any atom is 0.261 e. The summed E-state index contributed by atoms with van der Waals surface area (Å²) in [5.74, 6) is 2.21. The Kier molecular flexibility index (Phi) is 6.93. The van der Waals surface area contributed by atoms with Crippen molar-refractivity contribution in [2.75, 3.05) is 43.2 Å². The highest BCUT2D eigenvalue weighted by Crippen LogP contribution is 2.28. The Balaban J connectivity index is 1.47. The minimum atomic E-state index is -3.15. The van der Waals surface area contributed by atoms with Gasteiger partial charge in [0.15, 0.2) is 33.8 Å². The van der Waals surface area contributed by atoms with Crippen LogP contribution < -0.4 is 14.4 Å². The Morgan fingerprint density at radius 1 is 1.12 bits per heavy atom. The molecule has 1 unspecified atom stereocenters. The van der Waals surface area contributed by atoms with E-state index in [1.807, 2.05) is 18.2 Å². The largest absolute Gasteiger partial charge is 0.493 e. The lowest BCUT2D eigenvalue weighted by Crippen LogP contribution is -2.43. The summed E-state index contributed by atoms with van der Waals surface area (Å²) >= 11 is 0. The standard InChI is InChI=1S/C23H30N2O6S/c1-29-20-7-3-4-8-21(20)30-16-22(26)25(18-11-14-32(27,28)17-18)15-19-9-10-23(31-19)24-12-5-2-6-13-24/h3-4,7-10,18H,2,5-6,11-17H2,1H3. The van der Waals surface area contributed by atoms with Gasteiger partial charge in [-0.05, 0) is 43.9 Å². The Labute approximate surface area is 189 Å². The summed E-state index contributed by atoms with van der Waals surface area (Å²) < 4.78 is 41.2. The maximum atomic E-state index is 13.1. The van der Waals surface area contributed by atoms with Crippen LogP contribution in [0.5, 0.6) is 11.5 Å². The number of rotatable bonds is 8. The molecule has 0 spiro atoms. The van der Waals surface area contributed by atoms with E-state index >= 15 is 0 Å². The van der Waals surface area contributed by atoms with E-state index in [2.05, 4.69) is 4.90 Å². The first-order valence-corrected chi connectivity index (χ1v) is 12.9. The average molecular weight is 463 g/mol. The smallest absolute Gasteiger partial charge is 0.261 e. The summed E-state index contributed by atoms with van der Waals surface area (Å²) in [6.07, 6.45) is 3.93. The van der Waals surface area contributed by atoms with Crippen molar-refractivity contribution in [3.05, 3.63) is 42.2 Å². The molecule has 9 heteroatoms. The third-order valence-electron chi connectivity index (χ3n) is 6.03. The molecule has 0 bridgehead atoms. The summed E-state index contributed by atoms with van der Waals surface area (Å²) in [7, 11) is -1.61. The van der Waals surface area contributed by atoms with E-state index in [1.54, 1.807) is 23.1 Å². The Bertz CT molecular complexity index is 1030. The first kappa shape index (κ1) is 22.5. The number of carbonyl (C=O) groups excluding carboxylic acids is 1. The van der Waals surface area contributed by atoms with Gasteiger partial charge in [0.2, 0.25) is 0 Å². The molecule has 2 aromatic rings. The number of amides is 1. The lowest BCUT2D eigenvalue weighted by molar-refractivity contribution is -0.136. The number of benzene rings is 1. The van der Waals surface area contributed by atoms with Crippen LogP contribution in [0.1, 0.15) is 31.4 Å². The Morgan fingerprint density at radius 3 is 2.56 bits per heavy atom. The second kappa shape index (κ2) is 9.85. The molecule has 2 aliphatic heterocycles. The number of furan rings is 1. The molecule has 2 aliphatic rings. The van der Waals surface area contributed by atoms with E-state index in [9.17, 15) is 13.2 Å². The number of anilines is 1. The fourth-order valence-corrected chi connectivity index (χ4v) is 6.04. The van der Waals surface area contributed by atoms with Gasteiger partial charge in [0.05, 0.1) is 25.2 Å². The Morgan fingerprint density at radius 2 is 1.88 bits per heavy atom. The van der Waals surface area contributed by atoms with Crippen molar-refractivity contribution in [1.82, 2.24) is 4.90 Å². The highest BCUT2D eigenvalue weighted by atomic mass is 32.2. The Hall–Kier alpha value is -2.68. The average Bonchev–Trinajstić information content (AvgIpc) is 3.42. The number of hydrogen-bond acceptors (Lipinski definition) is 7. The summed E-state index contributed by atoms with van der Waals surface area (Å²) in [6, 6.07) is 10.5. The second-order valence-corrected chi connectivity index (χ2v) is 10.5. The number of para-hydroxylation sites is 2. The van der Waals surface area contributed by atoms with Crippen molar-refractivity contribution < 1.29 is 27.1 Å². The van der Waals surface area contributed by atoms with Crippen molar-refractivity contribution in [3.63, 3.8) is 0 Å². The molecule has 1 aromatic carbocycles. The minimum absolute atomic E-state index is 0.0346. The maximum absolute atomic E-state index is 13.1. The molecule has 0 aliphatic carbocycles. The van der Waals surface area contributed by atoms with Gasteiger partial charge in [-0.25, -0.2) is 8.42 Å². The predicted molar refractivity (Wildman–Crippen MR) is 121 cm³/mol. The highest BCUT2D eigenvalue weighted by Gasteiger charge is 2.35. The number of sulfone groups is 1. The minimum Gasteiger partial charge on any atom is -0.493 e. The second-order valence-electron chi connectivity index (χ2n) is 8.31. The number of ether oxygens (including phenoxy) is 2. The van der Waals surface area contributed by atoms with Crippen molar-refractivity contribution in [3.8, 4) is 11.5 Å². The first-order chi connectivity index (χ1) is 15.4. The van der Waals surface area contributed by atoms with Crippen molar-refractivity contribution in [2.24, 2.45) is 0 Å². The molecule has 2 fully saturated rings. The zero-order valence-electron chi connectivity index (χ0n) is 18.4. The summed E-state index contributed by atoms with van der Waals surface area (Å²) in [5, 5.41) is 0. The van der Waals surface area contributed by atoms with Crippen molar-refractivity contribution in [2.45, 2.75) is 38.3 Å². The first-order valence-electron chi connectivity index (χ1n) is 11.0. The lowest BCUT2D eigenvalue weighted by Gasteiger charge is -2.28. The fourth-order valence-electron chi connectivity index (χ4n) is 4.31. The molecule has 1 atom stereocenters. The van der Waals surface area contributed by atoms with Crippen LogP contribution in [0.25, 0.3) is 0 Å². The summed E-state index contributed by atoms with van der Waals surface area (Å²) in [4.78, 5) is 16.9. The molecule has 2 saturated heterocycles. The lowest BCUT2D eigenvalue weighted by atomic mass is 10.1. The van der Waals surface area contributed by atoms with E-state index in [0.717, 1.165) is 31.8 Å². The van der Waals surface area contributed by atoms with Crippen LogP contribution in [0.2, 0.25) is 0 Å². The van der Waals surface area contributed by atoms with Gasteiger partial charge in [0.1, 0.15) is 5.76 Å². The topological polar surface area (TPSA) is 89.3 Å². The summed E-state index contributed by atoms with van der Waals surface area (Å²) in [5.41, 5.74) is 0.